The van der Waals surface area contributed by atoms with Gasteiger partial charge in [0.25, 0.3) is 0 Å². The van der Waals surface area contributed by atoms with Gasteiger partial charge in [-0.05, 0) is 36.2 Å². The number of aryl methyl sites for hydroxylation is 1. The lowest BCUT2D eigenvalue weighted by atomic mass is 10.1. The van der Waals surface area contributed by atoms with Gasteiger partial charge in [-0.15, -0.1) is 10.2 Å². The standard InChI is InChI=1S/C18H20N4O/c1-4-13-7-5-9-15(11-13)22-17(19-20-18(22)21(2)3)14-8-6-10-16(23)12-14/h5-12,23H,4H2,1-3H3. The van der Waals surface area contributed by atoms with Crippen LogP contribution in [0.5, 0.6) is 5.75 Å². The Labute approximate surface area is 135 Å². The first-order chi connectivity index (χ1) is 11.1. The van der Waals surface area contributed by atoms with Crippen LogP contribution in [0.1, 0.15) is 12.5 Å². The molecule has 2 aromatic carbocycles. The zero-order chi connectivity index (χ0) is 16.4. The minimum absolute atomic E-state index is 0.214. The van der Waals surface area contributed by atoms with Gasteiger partial charge in [-0.1, -0.05) is 31.2 Å². The molecule has 0 bridgehead atoms. The van der Waals surface area contributed by atoms with Crippen molar-refractivity contribution in [3.8, 4) is 22.8 Å². The summed E-state index contributed by atoms with van der Waals surface area (Å²) in [5.74, 6) is 1.67. The van der Waals surface area contributed by atoms with E-state index in [-0.39, 0.29) is 5.75 Å². The van der Waals surface area contributed by atoms with Crippen molar-refractivity contribution in [2.24, 2.45) is 0 Å². The largest absolute Gasteiger partial charge is 0.508 e. The number of benzene rings is 2. The molecule has 0 atom stereocenters. The smallest absolute Gasteiger partial charge is 0.231 e. The fourth-order valence-corrected chi connectivity index (χ4v) is 2.55. The Bertz CT molecular complexity index is 823. The maximum absolute atomic E-state index is 9.77. The summed E-state index contributed by atoms with van der Waals surface area (Å²) < 4.78 is 2.01. The Morgan fingerprint density at radius 1 is 1.04 bits per heavy atom. The van der Waals surface area contributed by atoms with Gasteiger partial charge >= 0.3 is 0 Å². The topological polar surface area (TPSA) is 54.2 Å². The molecule has 0 radical (unpaired) electrons. The van der Waals surface area contributed by atoms with Gasteiger partial charge in [0.05, 0.1) is 5.69 Å². The third kappa shape index (κ3) is 2.90. The number of phenols is 1. The van der Waals surface area contributed by atoms with Crippen molar-refractivity contribution in [3.05, 3.63) is 54.1 Å². The minimum atomic E-state index is 0.214. The van der Waals surface area contributed by atoms with Crippen LogP contribution >= 0.6 is 0 Å². The number of hydrogen-bond donors (Lipinski definition) is 1. The van der Waals surface area contributed by atoms with E-state index < -0.39 is 0 Å². The summed E-state index contributed by atoms with van der Waals surface area (Å²) in [7, 11) is 3.88. The number of hydrogen-bond acceptors (Lipinski definition) is 4. The number of aromatic hydroxyl groups is 1. The molecule has 0 spiro atoms. The molecule has 0 unspecified atom stereocenters. The molecule has 1 aromatic heterocycles. The van der Waals surface area contributed by atoms with E-state index >= 15 is 0 Å². The molecule has 5 nitrogen and oxygen atoms in total. The fourth-order valence-electron chi connectivity index (χ4n) is 2.55. The quantitative estimate of drug-likeness (QED) is 0.803. The van der Waals surface area contributed by atoms with Crippen LogP contribution in [-0.4, -0.2) is 34.0 Å². The van der Waals surface area contributed by atoms with Gasteiger partial charge in [-0.2, -0.15) is 0 Å². The highest BCUT2D eigenvalue weighted by molar-refractivity contribution is 5.63. The minimum Gasteiger partial charge on any atom is -0.508 e. The zero-order valence-corrected chi connectivity index (χ0v) is 13.6. The van der Waals surface area contributed by atoms with Crippen molar-refractivity contribution < 1.29 is 5.11 Å². The summed E-state index contributed by atoms with van der Waals surface area (Å²) in [4.78, 5) is 1.93. The first kappa shape index (κ1) is 15.1. The number of rotatable bonds is 4. The van der Waals surface area contributed by atoms with Crippen molar-refractivity contribution in [1.82, 2.24) is 14.8 Å². The average molecular weight is 308 g/mol. The summed E-state index contributed by atoms with van der Waals surface area (Å²) in [5, 5.41) is 18.4. The predicted octanol–water partition coefficient (Wildman–Crippen LogP) is 3.27. The van der Waals surface area contributed by atoms with Crippen LogP contribution in [0.25, 0.3) is 17.1 Å². The molecule has 3 aromatic rings. The van der Waals surface area contributed by atoms with Crippen LogP contribution in [-0.2, 0) is 6.42 Å². The van der Waals surface area contributed by atoms with Gasteiger partial charge in [0.2, 0.25) is 5.95 Å². The molecular weight excluding hydrogens is 288 g/mol. The maximum Gasteiger partial charge on any atom is 0.231 e. The van der Waals surface area contributed by atoms with E-state index in [1.807, 2.05) is 47.8 Å². The molecule has 0 aliphatic rings. The van der Waals surface area contributed by atoms with Gasteiger partial charge < -0.3 is 10.0 Å². The Balaban J connectivity index is 2.22. The van der Waals surface area contributed by atoms with Crippen LogP contribution in [0.2, 0.25) is 0 Å². The highest BCUT2D eigenvalue weighted by Gasteiger charge is 2.17. The van der Waals surface area contributed by atoms with Crippen LogP contribution in [0.15, 0.2) is 48.5 Å². The SMILES string of the molecule is CCc1cccc(-n2c(-c3cccc(O)c3)nnc2N(C)C)c1. The van der Waals surface area contributed by atoms with E-state index in [2.05, 4.69) is 29.3 Å². The molecule has 1 heterocycles. The Kier molecular flexibility index (Phi) is 4.02. The number of anilines is 1. The molecule has 1 N–H and O–H groups in total. The van der Waals surface area contributed by atoms with Gasteiger partial charge in [0, 0.05) is 19.7 Å². The van der Waals surface area contributed by atoms with Crippen molar-refractivity contribution in [3.63, 3.8) is 0 Å². The Morgan fingerprint density at radius 2 is 1.83 bits per heavy atom. The third-order valence-electron chi connectivity index (χ3n) is 3.73. The normalized spacial score (nSPS) is 10.7. The lowest BCUT2D eigenvalue weighted by molar-refractivity contribution is 0.475. The molecule has 0 fully saturated rings. The van der Waals surface area contributed by atoms with Crippen LogP contribution in [0.3, 0.4) is 0 Å². The van der Waals surface area contributed by atoms with Gasteiger partial charge in [-0.3, -0.25) is 4.57 Å². The summed E-state index contributed by atoms with van der Waals surface area (Å²) in [6.45, 7) is 2.13. The van der Waals surface area contributed by atoms with Gasteiger partial charge in [0.15, 0.2) is 5.82 Å². The van der Waals surface area contributed by atoms with E-state index in [4.69, 9.17) is 0 Å². The molecule has 5 heteroatoms. The van der Waals surface area contributed by atoms with Crippen LogP contribution in [0.4, 0.5) is 5.95 Å². The van der Waals surface area contributed by atoms with Crippen LogP contribution < -0.4 is 4.90 Å². The molecule has 0 aliphatic heterocycles. The van der Waals surface area contributed by atoms with Crippen molar-refractivity contribution in [2.75, 3.05) is 19.0 Å². The monoisotopic (exact) mass is 308 g/mol. The molecular formula is C18H20N4O. The van der Waals surface area contributed by atoms with Crippen molar-refractivity contribution in [1.29, 1.82) is 0 Å². The number of aromatic nitrogens is 3. The average Bonchev–Trinajstić information content (AvgIpc) is 3.00. The highest BCUT2D eigenvalue weighted by Crippen LogP contribution is 2.28. The second kappa shape index (κ2) is 6.12. The molecule has 0 amide bonds. The zero-order valence-electron chi connectivity index (χ0n) is 13.6. The second-order valence-electron chi connectivity index (χ2n) is 5.63. The summed E-state index contributed by atoms with van der Waals surface area (Å²) in [6.07, 6.45) is 0.967. The van der Waals surface area contributed by atoms with E-state index in [0.29, 0.717) is 5.82 Å². The Hall–Kier alpha value is -2.82. The first-order valence-corrected chi connectivity index (χ1v) is 7.61. The fraction of sp³-hybridized carbons (Fsp3) is 0.222. The summed E-state index contributed by atoms with van der Waals surface area (Å²) >= 11 is 0. The second-order valence-corrected chi connectivity index (χ2v) is 5.63. The molecule has 0 aliphatic carbocycles. The van der Waals surface area contributed by atoms with Crippen molar-refractivity contribution >= 4 is 5.95 Å². The van der Waals surface area contributed by atoms with Gasteiger partial charge in [-0.25, -0.2) is 0 Å². The number of phenolic OH excluding ortho intramolecular Hbond substituents is 1. The molecule has 118 valence electrons. The van der Waals surface area contributed by atoms with E-state index in [9.17, 15) is 5.11 Å². The summed E-state index contributed by atoms with van der Waals surface area (Å²) in [5.41, 5.74) is 3.09. The predicted molar refractivity (Wildman–Crippen MR) is 92.2 cm³/mol. The highest BCUT2D eigenvalue weighted by atomic mass is 16.3. The van der Waals surface area contributed by atoms with Crippen LogP contribution in [0, 0.1) is 0 Å². The first-order valence-electron chi connectivity index (χ1n) is 7.61. The van der Waals surface area contributed by atoms with E-state index in [1.165, 1.54) is 5.56 Å². The molecule has 0 saturated carbocycles. The Morgan fingerprint density at radius 3 is 2.52 bits per heavy atom. The molecule has 0 saturated heterocycles. The van der Waals surface area contributed by atoms with Gasteiger partial charge in [0.1, 0.15) is 5.75 Å². The van der Waals surface area contributed by atoms with E-state index in [0.717, 1.165) is 23.6 Å². The number of nitrogens with zero attached hydrogens (tertiary/aromatic N) is 4. The lowest BCUT2D eigenvalue weighted by Crippen LogP contribution is -2.15. The summed E-state index contributed by atoms with van der Waals surface area (Å²) in [6, 6.07) is 15.4. The lowest BCUT2D eigenvalue weighted by Gasteiger charge is -2.16. The maximum atomic E-state index is 9.77. The van der Waals surface area contributed by atoms with Crippen molar-refractivity contribution in [2.45, 2.75) is 13.3 Å². The molecule has 3 rings (SSSR count). The molecule has 23 heavy (non-hydrogen) atoms. The third-order valence-corrected chi connectivity index (χ3v) is 3.73. The van der Waals surface area contributed by atoms with E-state index in [1.54, 1.807) is 12.1 Å².